The number of nitrogens with zero attached hydrogens (tertiary/aromatic N) is 3. The van der Waals surface area contributed by atoms with Crippen molar-refractivity contribution in [1.29, 1.82) is 0 Å². The predicted molar refractivity (Wildman–Crippen MR) is 106 cm³/mol. The summed E-state index contributed by atoms with van der Waals surface area (Å²) in [6.07, 6.45) is 3.94. The third kappa shape index (κ3) is 3.98. The van der Waals surface area contributed by atoms with Gasteiger partial charge in [-0.1, -0.05) is 6.08 Å². The monoisotopic (exact) mass is 382 g/mol. The number of ether oxygens (including phenoxy) is 1. The molecule has 3 rings (SSSR count). The van der Waals surface area contributed by atoms with Crippen molar-refractivity contribution in [3.8, 4) is 5.75 Å². The van der Waals surface area contributed by atoms with Crippen LogP contribution in [-0.4, -0.2) is 21.2 Å². The van der Waals surface area contributed by atoms with E-state index in [2.05, 4.69) is 10.5 Å². The van der Waals surface area contributed by atoms with E-state index in [4.69, 9.17) is 4.74 Å². The smallest absolute Gasteiger partial charge is 0.301 e. The molecule has 0 saturated heterocycles. The highest BCUT2D eigenvalue weighted by atomic mass is 16.6. The van der Waals surface area contributed by atoms with Crippen LogP contribution in [0.5, 0.6) is 5.75 Å². The Hall–Kier alpha value is -3.75. The van der Waals surface area contributed by atoms with Crippen LogP contribution in [0.15, 0.2) is 47.6 Å². The normalized spacial score (nSPS) is 14.8. The van der Waals surface area contributed by atoms with E-state index in [1.165, 1.54) is 12.1 Å². The zero-order valence-electron chi connectivity index (χ0n) is 15.5. The Balaban J connectivity index is 1.86. The highest BCUT2D eigenvalue weighted by Gasteiger charge is 2.22. The molecule has 1 aliphatic heterocycles. The van der Waals surface area contributed by atoms with Crippen molar-refractivity contribution in [3.05, 3.63) is 73.8 Å². The molecule has 0 aromatic heterocycles. The van der Waals surface area contributed by atoms with Crippen LogP contribution in [0.3, 0.4) is 0 Å². The summed E-state index contributed by atoms with van der Waals surface area (Å²) in [5, 5.41) is 26.2. The van der Waals surface area contributed by atoms with Gasteiger partial charge in [-0.25, -0.2) is 0 Å². The van der Waals surface area contributed by atoms with Crippen molar-refractivity contribution >= 4 is 28.8 Å². The SMILES string of the molecule is C/C(=N\Nc1ccc([N+](=O)[O-])cc1[N+](=O)[O-])c1ccc2c(c1)C=CC(C)(C)O2. The number of nitro benzene ring substituents is 2. The largest absolute Gasteiger partial charge is 0.483 e. The first-order chi connectivity index (χ1) is 13.2. The minimum Gasteiger partial charge on any atom is -0.483 e. The van der Waals surface area contributed by atoms with Crippen molar-refractivity contribution in [2.45, 2.75) is 26.4 Å². The molecule has 9 heteroatoms. The first-order valence-corrected chi connectivity index (χ1v) is 8.42. The minimum atomic E-state index is -0.692. The van der Waals surface area contributed by atoms with Crippen LogP contribution >= 0.6 is 0 Å². The van der Waals surface area contributed by atoms with Crippen LogP contribution in [-0.2, 0) is 0 Å². The van der Waals surface area contributed by atoms with Crippen molar-refractivity contribution in [1.82, 2.24) is 0 Å². The Morgan fingerprint density at radius 2 is 1.86 bits per heavy atom. The first kappa shape index (κ1) is 19.0. The van der Waals surface area contributed by atoms with Gasteiger partial charge in [0.1, 0.15) is 17.0 Å². The fourth-order valence-corrected chi connectivity index (χ4v) is 2.69. The number of hydrogen-bond acceptors (Lipinski definition) is 7. The Morgan fingerprint density at radius 1 is 1.11 bits per heavy atom. The van der Waals surface area contributed by atoms with Gasteiger partial charge in [-0.15, -0.1) is 0 Å². The molecule has 144 valence electrons. The molecule has 0 amide bonds. The molecule has 0 spiro atoms. The molecule has 0 atom stereocenters. The molecule has 0 saturated carbocycles. The highest BCUT2D eigenvalue weighted by Crippen LogP contribution is 2.32. The van der Waals surface area contributed by atoms with Gasteiger partial charge in [-0.3, -0.25) is 25.7 Å². The number of anilines is 1. The number of hydrazone groups is 1. The van der Waals surface area contributed by atoms with E-state index in [9.17, 15) is 20.2 Å². The van der Waals surface area contributed by atoms with Crippen molar-refractivity contribution in [2.75, 3.05) is 5.43 Å². The Bertz CT molecular complexity index is 1030. The van der Waals surface area contributed by atoms with E-state index in [-0.39, 0.29) is 17.0 Å². The molecule has 1 N–H and O–H groups in total. The summed E-state index contributed by atoms with van der Waals surface area (Å²) in [6, 6.07) is 8.95. The van der Waals surface area contributed by atoms with E-state index in [0.717, 1.165) is 22.9 Å². The quantitative estimate of drug-likeness (QED) is 0.461. The number of benzene rings is 2. The van der Waals surface area contributed by atoms with Crippen LogP contribution in [0.4, 0.5) is 17.1 Å². The van der Waals surface area contributed by atoms with E-state index >= 15 is 0 Å². The molecule has 1 aliphatic rings. The molecular formula is C19H18N4O5. The predicted octanol–water partition coefficient (Wildman–Crippen LogP) is 4.52. The average Bonchev–Trinajstić information content (AvgIpc) is 2.64. The molecule has 0 fully saturated rings. The van der Waals surface area contributed by atoms with Gasteiger partial charge in [-0.2, -0.15) is 5.10 Å². The van der Waals surface area contributed by atoms with E-state index in [1.807, 2.05) is 44.2 Å². The molecule has 0 radical (unpaired) electrons. The summed E-state index contributed by atoms with van der Waals surface area (Å²) in [7, 11) is 0. The van der Waals surface area contributed by atoms with Gasteiger partial charge in [0.25, 0.3) is 5.69 Å². The summed E-state index contributed by atoms with van der Waals surface area (Å²) in [4.78, 5) is 20.6. The Labute approximate surface area is 160 Å². The third-order valence-electron chi connectivity index (χ3n) is 4.20. The highest BCUT2D eigenvalue weighted by molar-refractivity contribution is 6.00. The van der Waals surface area contributed by atoms with Gasteiger partial charge in [-0.05, 0) is 56.7 Å². The Kier molecular flexibility index (Phi) is 4.83. The second kappa shape index (κ2) is 7.10. The summed E-state index contributed by atoms with van der Waals surface area (Å²) in [5.74, 6) is 0.767. The maximum atomic E-state index is 11.2. The molecule has 2 aromatic rings. The lowest BCUT2D eigenvalue weighted by Crippen LogP contribution is -2.27. The number of nitrogens with one attached hydrogen (secondary N) is 1. The molecular weight excluding hydrogens is 364 g/mol. The van der Waals surface area contributed by atoms with Crippen LogP contribution in [0.25, 0.3) is 6.08 Å². The molecule has 0 bridgehead atoms. The molecule has 2 aromatic carbocycles. The zero-order valence-corrected chi connectivity index (χ0v) is 15.5. The lowest BCUT2D eigenvalue weighted by Gasteiger charge is -2.28. The topological polar surface area (TPSA) is 120 Å². The molecule has 0 aliphatic carbocycles. The third-order valence-corrected chi connectivity index (χ3v) is 4.20. The number of fused-ring (bicyclic) bond motifs is 1. The van der Waals surface area contributed by atoms with Crippen LogP contribution in [0.1, 0.15) is 31.9 Å². The van der Waals surface area contributed by atoms with Crippen LogP contribution in [0.2, 0.25) is 0 Å². The molecule has 9 nitrogen and oxygen atoms in total. The summed E-state index contributed by atoms with van der Waals surface area (Å²) in [5.41, 5.74) is 3.86. The fraction of sp³-hybridized carbons (Fsp3) is 0.211. The lowest BCUT2D eigenvalue weighted by atomic mass is 10.00. The number of hydrogen-bond donors (Lipinski definition) is 1. The number of non-ortho nitro benzene ring substituents is 1. The maximum Gasteiger partial charge on any atom is 0.301 e. The zero-order chi connectivity index (χ0) is 20.5. The van der Waals surface area contributed by atoms with Gasteiger partial charge >= 0.3 is 5.69 Å². The van der Waals surface area contributed by atoms with E-state index in [1.54, 1.807) is 6.92 Å². The number of rotatable bonds is 5. The van der Waals surface area contributed by atoms with Crippen molar-refractivity contribution < 1.29 is 14.6 Å². The standard InChI is InChI=1S/C19H18N4O5/c1-12(13-4-7-18-14(10-13)8-9-19(2,3)28-18)20-21-16-6-5-15(22(24)25)11-17(16)23(26)27/h4-11,21H,1-3H3/b20-12+. The van der Waals surface area contributed by atoms with E-state index in [0.29, 0.717) is 5.71 Å². The average molecular weight is 382 g/mol. The fourth-order valence-electron chi connectivity index (χ4n) is 2.69. The lowest BCUT2D eigenvalue weighted by molar-refractivity contribution is -0.393. The molecule has 1 heterocycles. The van der Waals surface area contributed by atoms with Crippen molar-refractivity contribution in [3.63, 3.8) is 0 Å². The minimum absolute atomic E-state index is 0.0675. The van der Waals surface area contributed by atoms with Crippen molar-refractivity contribution in [2.24, 2.45) is 5.10 Å². The first-order valence-electron chi connectivity index (χ1n) is 8.42. The van der Waals surface area contributed by atoms with Crippen LogP contribution in [0, 0.1) is 20.2 Å². The summed E-state index contributed by atoms with van der Waals surface area (Å²) in [6.45, 7) is 5.69. The summed E-state index contributed by atoms with van der Waals surface area (Å²) < 4.78 is 5.88. The molecule has 0 unspecified atom stereocenters. The van der Waals surface area contributed by atoms with Gasteiger partial charge < -0.3 is 4.74 Å². The molecule has 28 heavy (non-hydrogen) atoms. The maximum absolute atomic E-state index is 11.2. The number of nitro groups is 2. The second-order valence-corrected chi connectivity index (χ2v) is 6.82. The van der Waals surface area contributed by atoms with Crippen LogP contribution < -0.4 is 10.2 Å². The second-order valence-electron chi connectivity index (χ2n) is 6.82. The van der Waals surface area contributed by atoms with E-state index < -0.39 is 15.5 Å². The van der Waals surface area contributed by atoms with Gasteiger partial charge in [0.2, 0.25) is 0 Å². The Morgan fingerprint density at radius 3 is 2.54 bits per heavy atom. The van der Waals surface area contributed by atoms with Gasteiger partial charge in [0.05, 0.1) is 21.6 Å². The van der Waals surface area contributed by atoms with Gasteiger partial charge in [0, 0.05) is 11.6 Å². The van der Waals surface area contributed by atoms with Gasteiger partial charge in [0.15, 0.2) is 0 Å². The summed E-state index contributed by atoms with van der Waals surface area (Å²) >= 11 is 0.